The van der Waals surface area contributed by atoms with Crippen LogP contribution >= 0.6 is 0 Å². The van der Waals surface area contributed by atoms with E-state index in [1.807, 2.05) is 6.07 Å². The zero-order valence-corrected chi connectivity index (χ0v) is 11.3. The number of nitrogens with one attached hydrogen (secondary N) is 1. The Kier molecular flexibility index (Phi) is 3.53. The Bertz CT molecular complexity index is 817. The van der Waals surface area contributed by atoms with Gasteiger partial charge in [-0.3, -0.25) is 4.79 Å². The van der Waals surface area contributed by atoms with Crippen molar-refractivity contribution in [2.75, 3.05) is 0 Å². The Morgan fingerprint density at radius 2 is 1.91 bits per heavy atom. The topological polar surface area (TPSA) is 93.9 Å². The Morgan fingerprint density at radius 1 is 1.14 bits per heavy atom. The van der Waals surface area contributed by atoms with Gasteiger partial charge in [-0.1, -0.05) is 18.2 Å². The van der Waals surface area contributed by atoms with Gasteiger partial charge in [0.15, 0.2) is 5.69 Å². The van der Waals surface area contributed by atoms with E-state index in [0.29, 0.717) is 11.3 Å². The van der Waals surface area contributed by atoms with Crippen LogP contribution in [0.15, 0.2) is 48.5 Å². The van der Waals surface area contributed by atoms with E-state index >= 15 is 0 Å². The summed E-state index contributed by atoms with van der Waals surface area (Å²) in [6, 6.07) is 12.8. The summed E-state index contributed by atoms with van der Waals surface area (Å²) in [6.07, 6.45) is 0. The summed E-state index contributed by atoms with van der Waals surface area (Å²) < 4.78 is 19.2. The van der Waals surface area contributed by atoms with Gasteiger partial charge in [0.2, 0.25) is 0 Å². The molecule has 0 bridgehead atoms. The first-order valence-electron chi connectivity index (χ1n) is 6.38. The lowest BCUT2D eigenvalue weighted by atomic mass is 10.1. The van der Waals surface area contributed by atoms with Crippen LogP contribution in [0.1, 0.15) is 10.5 Å². The monoisotopic (exact) mass is 298 g/mol. The molecule has 0 radical (unpaired) electrons. The van der Waals surface area contributed by atoms with Crippen molar-refractivity contribution < 1.29 is 13.9 Å². The Labute approximate surface area is 124 Å². The number of para-hydroxylation sites is 1. The van der Waals surface area contributed by atoms with Crippen LogP contribution in [0, 0.1) is 5.82 Å². The van der Waals surface area contributed by atoms with Crippen molar-refractivity contribution in [3.05, 3.63) is 60.0 Å². The van der Waals surface area contributed by atoms with Crippen molar-refractivity contribution in [1.82, 2.24) is 15.4 Å². The molecule has 7 heteroatoms. The van der Waals surface area contributed by atoms with E-state index in [2.05, 4.69) is 15.4 Å². The van der Waals surface area contributed by atoms with Crippen molar-refractivity contribution in [3.8, 4) is 22.8 Å². The van der Waals surface area contributed by atoms with E-state index in [-0.39, 0.29) is 17.1 Å². The fourth-order valence-electron chi connectivity index (χ4n) is 1.98. The standard InChI is InChI=1S/C15H11FN4O2/c16-9-6-7-11(13-14(15(17)21)19-20-18-13)12(8-9)22-10-4-2-1-3-5-10/h1-8H,(H2,17,21)(H,18,19,20). The Hall–Kier alpha value is -3.22. The average Bonchev–Trinajstić information content (AvgIpc) is 2.98. The minimum atomic E-state index is -0.737. The van der Waals surface area contributed by atoms with E-state index in [9.17, 15) is 9.18 Å². The van der Waals surface area contributed by atoms with Gasteiger partial charge in [0.05, 0.1) is 0 Å². The van der Waals surface area contributed by atoms with Gasteiger partial charge in [0.1, 0.15) is 23.0 Å². The molecule has 0 saturated heterocycles. The molecule has 2 aromatic carbocycles. The number of H-pyrrole nitrogens is 1. The number of benzene rings is 2. The molecule has 0 saturated carbocycles. The fourth-order valence-corrected chi connectivity index (χ4v) is 1.98. The van der Waals surface area contributed by atoms with Crippen LogP contribution in [-0.2, 0) is 0 Å². The third kappa shape index (κ3) is 2.64. The highest BCUT2D eigenvalue weighted by atomic mass is 19.1. The number of ether oxygens (including phenoxy) is 1. The highest BCUT2D eigenvalue weighted by Crippen LogP contribution is 2.34. The van der Waals surface area contributed by atoms with Crippen LogP contribution in [0.4, 0.5) is 4.39 Å². The number of nitrogens with zero attached hydrogens (tertiary/aromatic N) is 2. The second-order valence-corrected chi connectivity index (χ2v) is 4.44. The van der Waals surface area contributed by atoms with E-state index in [1.54, 1.807) is 24.3 Å². The highest BCUT2D eigenvalue weighted by molar-refractivity contribution is 5.97. The van der Waals surface area contributed by atoms with Crippen molar-refractivity contribution in [2.24, 2.45) is 5.73 Å². The first-order valence-corrected chi connectivity index (χ1v) is 6.38. The van der Waals surface area contributed by atoms with Gasteiger partial charge in [0, 0.05) is 11.6 Å². The summed E-state index contributed by atoms with van der Waals surface area (Å²) in [7, 11) is 0. The first-order chi connectivity index (χ1) is 10.6. The Balaban J connectivity index is 2.08. The van der Waals surface area contributed by atoms with Gasteiger partial charge in [0.25, 0.3) is 5.91 Å². The third-order valence-corrected chi connectivity index (χ3v) is 2.95. The summed E-state index contributed by atoms with van der Waals surface area (Å²) in [5.74, 6) is -0.474. The number of hydrogen-bond donors (Lipinski definition) is 2. The number of hydrogen-bond acceptors (Lipinski definition) is 4. The maximum atomic E-state index is 13.5. The number of amides is 1. The average molecular weight is 298 g/mol. The SMILES string of the molecule is NC(=O)c1n[nH]nc1-c1ccc(F)cc1Oc1ccccc1. The molecule has 0 aliphatic heterocycles. The number of primary amides is 1. The molecule has 0 aliphatic carbocycles. The molecule has 3 rings (SSSR count). The smallest absolute Gasteiger partial charge is 0.271 e. The number of carbonyl (C=O) groups excluding carboxylic acids is 1. The predicted molar refractivity (Wildman–Crippen MR) is 76.8 cm³/mol. The molecule has 1 aromatic heterocycles. The third-order valence-electron chi connectivity index (χ3n) is 2.95. The lowest BCUT2D eigenvalue weighted by molar-refractivity contribution is 0.0996. The van der Waals surface area contributed by atoms with E-state index in [4.69, 9.17) is 10.5 Å². The molecule has 0 aliphatic rings. The summed E-state index contributed by atoms with van der Waals surface area (Å²) in [4.78, 5) is 11.4. The Morgan fingerprint density at radius 3 is 2.64 bits per heavy atom. The molecule has 0 unspecified atom stereocenters. The van der Waals surface area contributed by atoms with Crippen LogP contribution in [-0.4, -0.2) is 21.3 Å². The second-order valence-electron chi connectivity index (χ2n) is 4.44. The summed E-state index contributed by atoms with van der Waals surface area (Å²) in [5.41, 5.74) is 5.83. The highest BCUT2D eigenvalue weighted by Gasteiger charge is 2.19. The minimum Gasteiger partial charge on any atom is -0.457 e. The molecule has 3 N–H and O–H groups in total. The molecule has 0 spiro atoms. The van der Waals surface area contributed by atoms with Crippen molar-refractivity contribution >= 4 is 5.91 Å². The van der Waals surface area contributed by atoms with Crippen LogP contribution in [0.5, 0.6) is 11.5 Å². The van der Waals surface area contributed by atoms with Gasteiger partial charge >= 0.3 is 0 Å². The lowest BCUT2D eigenvalue weighted by Gasteiger charge is -2.10. The molecular formula is C15H11FN4O2. The van der Waals surface area contributed by atoms with Crippen LogP contribution in [0.25, 0.3) is 11.3 Å². The number of nitrogens with two attached hydrogens (primary N) is 1. The molecule has 6 nitrogen and oxygen atoms in total. The molecular weight excluding hydrogens is 287 g/mol. The first kappa shape index (κ1) is 13.7. The van der Waals surface area contributed by atoms with Crippen LogP contribution < -0.4 is 10.5 Å². The van der Waals surface area contributed by atoms with Crippen molar-refractivity contribution in [2.45, 2.75) is 0 Å². The summed E-state index contributed by atoms with van der Waals surface area (Å²) in [6.45, 7) is 0. The molecule has 0 fully saturated rings. The molecule has 0 atom stereocenters. The fraction of sp³-hybridized carbons (Fsp3) is 0. The molecule has 1 amide bonds. The quantitative estimate of drug-likeness (QED) is 0.773. The molecule has 110 valence electrons. The summed E-state index contributed by atoms with van der Waals surface area (Å²) >= 11 is 0. The predicted octanol–water partition coefficient (Wildman–Crippen LogP) is 2.50. The van der Waals surface area contributed by atoms with Crippen LogP contribution in [0.3, 0.4) is 0 Å². The van der Waals surface area contributed by atoms with E-state index in [1.165, 1.54) is 18.2 Å². The normalized spacial score (nSPS) is 10.4. The largest absolute Gasteiger partial charge is 0.457 e. The lowest BCUT2D eigenvalue weighted by Crippen LogP contribution is -2.12. The number of carbonyl (C=O) groups is 1. The van der Waals surface area contributed by atoms with E-state index in [0.717, 1.165) is 0 Å². The molecule has 1 heterocycles. The zero-order chi connectivity index (χ0) is 15.5. The van der Waals surface area contributed by atoms with Gasteiger partial charge in [-0.15, -0.1) is 0 Å². The molecule has 3 aromatic rings. The maximum absolute atomic E-state index is 13.5. The van der Waals surface area contributed by atoms with Gasteiger partial charge in [-0.05, 0) is 24.3 Å². The number of halogens is 1. The summed E-state index contributed by atoms with van der Waals surface area (Å²) in [5, 5.41) is 9.94. The second kappa shape index (κ2) is 5.65. The van der Waals surface area contributed by atoms with Gasteiger partial charge < -0.3 is 10.5 Å². The minimum absolute atomic E-state index is 0.0375. The zero-order valence-electron chi connectivity index (χ0n) is 11.3. The van der Waals surface area contributed by atoms with Crippen molar-refractivity contribution in [3.63, 3.8) is 0 Å². The maximum Gasteiger partial charge on any atom is 0.271 e. The van der Waals surface area contributed by atoms with Gasteiger partial charge in [-0.2, -0.15) is 15.4 Å². The number of rotatable bonds is 4. The van der Waals surface area contributed by atoms with E-state index < -0.39 is 11.7 Å². The van der Waals surface area contributed by atoms with Gasteiger partial charge in [-0.25, -0.2) is 4.39 Å². The van der Waals surface area contributed by atoms with Crippen molar-refractivity contribution in [1.29, 1.82) is 0 Å². The van der Waals surface area contributed by atoms with Crippen LogP contribution in [0.2, 0.25) is 0 Å². The molecule has 22 heavy (non-hydrogen) atoms. The number of aromatic nitrogens is 3. The number of aromatic amines is 1.